The summed E-state index contributed by atoms with van der Waals surface area (Å²) in [5.41, 5.74) is 3.14. The highest BCUT2D eigenvalue weighted by Crippen LogP contribution is 2.15. The Hall–Kier alpha value is -2.30. The van der Waals surface area contributed by atoms with Crippen molar-refractivity contribution in [3.63, 3.8) is 0 Å². The van der Waals surface area contributed by atoms with Gasteiger partial charge in [0, 0.05) is 11.9 Å². The van der Waals surface area contributed by atoms with Crippen molar-refractivity contribution < 1.29 is 4.79 Å². The number of amides is 1. The van der Waals surface area contributed by atoms with Gasteiger partial charge >= 0.3 is 0 Å². The van der Waals surface area contributed by atoms with Crippen molar-refractivity contribution in [2.24, 2.45) is 0 Å². The lowest BCUT2D eigenvalue weighted by molar-refractivity contribution is 0.0929. The topological polar surface area (TPSA) is 67.8 Å². The predicted octanol–water partition coefficient (Wildman–Crippen LogP) is 2.68. The highest BCUT2D eigenvalue weighted by Gasteiger charge is 2.16. The summed E-state index contributed by atoms with van der Waals surface area (Å²) >= 11 is 0. The smallest absolute Gasteiger partial charge is 0.270 e. The van der Waals surface area contributed by atoms with E-state index in [9.17, 15) is 4.79 Å². The normalized spacial score (nSPS) is 12.0. The second kappa shape index (κ2) is 6.43. The van der Waals surface area contributed by atoms with Crippen molar-refractivity contribution in [3.8, 4) is 0 Å². The van der Waals surface area contributed by atoms with E-state index in [0.717, 1.165) is 23.4 Å². The second-order valence-corrected chi connectivity index (χ2v) is 5.14. The van der Waals surface area contributed by atoms with Gasteiger partial charge in [-0.3, -0.25) is 9.78 Å². The molecule has 21 heavy (non-hydrogen) atoms. The molecule has 1 N–H and O–H groups in total. The Kier molecular flexibility index (Phi) is 4.62. The molecule has 0 fully saturated rings. The number of aryl methyl sites for hydroxylation is 3. The van der Waals surface area contributed by atoms with Gasteiger partial charge in [-0.05, 0) is 44.9 Å². The van der Waals surface area contributed by atoms with Crippen molar-refractivity contribution in [3.05, 3.63) is 52.9 Å². The number of nitrogens with zero attached hydrogens (tertiary/aromatic N) is 3. The van der Waals surface area contributed by atoms with Crippen LogP contribution in [0.1, 0.15) is 52.7 Å². The van der Waals surface area contributed by atoms with Crippen LogP contribution in [-0.2, 0) is 0 Å². The van der Waals surface area contributed by atoms with Crippen LogP contribution in [0.25, 0.3) is 0 Å². The van der Waals surface area contributed by atoms with E-state index in [2.05, 4.69) is 20.3 Å². The Labute approximate surface area is 124 Å². The van der Waals surface area contributed by atoms with E-state index in [1.54, 1.807) is 13.0 Å². The average molecular weight is 284 g/mol. The third-order valence-electron chi connectivity index (χ3n) is 3.20. The van der Waals surface area contributed by atoms with Crippen LogP contribution in [0.4, 0.5) is 0 Å². The van der Waals surface area contributed by atoms with Crippen molar-refractivity contribution >= 4 is 5.91 Å². The molecule has 0 bridgehead atoms. The summed E-state index contributed by atoms with van der Waals surface area (Å²) in [7, 11) is 0. The molecule has 1 amide bonds. The summed E-state index contributed by atoms with van der Waals surface area (Å²) in [6, 6.07) is 5.52. The molecule has 0 radical (unpaired) electrons. The van der Waals surface area contributed by atoms with Crippen LogP contribution < -0.4 is 5.32 Å². The van der Waals surface area contributed by atoms with Gasteiger partial charge in [0.2, 0.25) is 0 Å². The molecule has 0 aromatic carbocycles. The van der Waals surface area contributed by atoms with Gasteiger partial charge in [-0.1, -0.05) is 13.0 Å². The molecule has 0 aliphatic carbocycles. The van der Waals surface area contributed by atoms with E-state index >= 15 is 0 Å². The fourth-order valence-corrected chi connectivity index (χ4v) is 2.14. The monoisotopic (exact) mass is 284 g/mol. The standard InChI is InChI=1S/C16H20N4O/c1-5-13(14-7-6-10(2)9-17-14)20-16(21)15-8-11(3)18-12(4)19-15/h6-9,13H,5H2,1-4H3,(H,20,21)/t13-/m1/s1. The Morgan fingerprint density at radius 1 is 1.24 bits per heavy atom. The lowest BCUT2D eigenvalue weighted by Gasteiger charge is -2.16. The summed E-state index contributed by atoms with van der Waals surface area (Å²) in [6.45, 7) is 7.64. The lowest BCUT2D eigenvalue weighted by Crippen LogP contribution is -2.29. The first kappa shape index (κ1) is 15.1. The van der Waals surface area contributed by atoms with E-state index in [-0.39, 0.29) is 11.9 Å². The van der Waals surface area contributed by atoms with Gasteiger partial charge < -0.3 is 5.32 Å². The largest absolute Gasteiger partial charge is 0.342 e. The summed E-state index contributed by atoms with van der Waals surface area (Å²) in [5.74, 6) is 0.402. The summed E-state index contributed by atoms with van der Waals surface area (Å²) in [4.78, 5) is 25.1. The second-order valence-electron chi connectivity index (χ2n) is 5.14. The molecule has 0 spiro atoms. The molecule has 0 unspecified atom stereocenters. The molecule has 0 saturated carbocycles. The first-order chi connectivity index (χ1) is 9.99. The van der Waals surface area contributed by atoms with E-state index in [1.165, 1.54) is 0 Å². The number of carbonyl (C=O) groups excluding carboxylic acids is 1. The molecule has 2 rings (SSSR count). The van der Waals surface area contributed by atoms with Gasteiger partial charge in [-0.15, -0.1) is 0 Å². The number of carbonyl (C=O) groups is 1. The minimum absolute atomic E-state index is 0.117. The maximum absolute atomic E-state index is 12.3. The Morgan fingerprint density at radius 2 is 2.00 bits per heavy atom. The summed E-state index contributed by atoms with van der Waals surface area (Å²) in [5, 5.41) is 2.98. The molecule has 1 atom stereocenters. The maximum Gasteiger partial charge on any atom is 0.270 e. The fourth-order valence-electron chi connectivity index (χ4n) is 2.14. The molecule has 2 aromatic heterocycles. The van der Waals surface area contributed by atoms with E-state index in [0.29, 0.717) is 11.5 Å². The molecule has 2 aromatic rings. The summed E-state index contributed by atoms with van der Waals surface area (Å²) < 4.78 is 0. The van der Waals surface area contributed by atoms with Crippen molar-refractivity contribution in [2.75, 3.05) is 0 Å². The molecule has 0 aliphatic rings. The van der Waals surface area contributed by atoms with Crippen LogP contribution in [0.5, 0.6) is 0 Å². The van der Waals surface area contributed by atoms with Crippen LogP contribution in [-0.4, -0.2) is 20.9 Å². The molecule has 0 aliphatic heterocycles. The highest BCUT2D eigenvalue weighted by atomic mass is 16.1. The van der Waals surface area contributed by atoms with Crippen LogP contribution in [0.3, 0.4) is 0 Å². The molecule has 0 saturated heterocycles. The molecule has 110 valence electrons. The van der Waals surface area contributed by atoms with Gasteiger partial charge in [0.05, 0.1) is 11.7 Å². The Balaban J connectivity index is 2.18. The van der Waals surface area contributed by atoms with Crippen LogP contribution in [0, 0.1) is 20.8 Å². The number of aromatic nitrogens is 3. The minimum Gasteiger partial charge on any atom is -0.342 e. The first-order valence-corrected chi connectivity index (χ1v) is 7.05. The van der Waals surface area contributed by atoms with Gasteiger partial charge in [0.25, 0.3) is 5.91 Å². The summed E-state index contributed by atoms with van der Waals surface area (Å²) in [6.07, 6.45) is 2.58. The molecule has 5 nitrogen and oxygen atoms in total. The zero-order chi connectivity index (χ0) is 15.4. The van der Waals surface area contributed by atoms with Gasteiger partial charge in [0.15, 0.2) is 0 Å². The zero-order valence-electron chi connectivity index (χ0n) is 12.8. The number of nitrogens with one attached hydrogen (secondary N) is 1. The minimum atomic E-state index is -0.196. The Bertz CT molecular complexity index is 617. The average Bonchev–Trinajstić information content (AvgIpc) is 2.44. The van der Waals surface area contributed by atoms with Crippen molar-refractivity contribution in [1.29, 1.82) is 0 Å². The van der Waals surface area contributed by atoms with E-state index < -0.39 is 0 Å². The molecular formula is C16H20N4O. The van der Waals surface area contributed by atoms with E-state index in [4.69, 9.17) is 0 Å². The molecule has 5 heteroatoms. The number of hydrogen-bond acceptors (Lipinski definition) is 4. The van der Waals surface area contributed by atoms with Crippen LogP contribution in [0.15, 0.2) is 24.4 Å². The SMILES string of the molecule is CC[C@@H](NC(=O)c1cc(C)nc(C)n1)c1ccc(C)cn1. The van der Waals surface area contributed by atoms with Gasteiger partial charge in [-0.2, -0.15) is 0 Å². The maximum atomic E-state index is 12.3. The quantitative estimate of drug-likeness (QED) is 0.937. The van der Waals surface area contributed by atoms with Crippen molar-refractivity contribution in [1.82, 2.24) is 20.3 Å². The van der Waals surface area contributed by atoms with Gasteiger partial charge in [-0.25, -0.2) is 9.97 Å². The number of pyridine rings is 1. The van der Waals surface area contributed by atoms with Crippen LogP contribution in [0.2, 0.25) is 0 Å². The van der Waals surface area contributed by atoms with Gasteiger partial charge in [0.1, 0.15) is 11.5 Å². The number of rotatable bonds is 4. The predicted molar refractivity (Wildman–Crippen MR) is 81.0 cm³/mol. The molecule has 2 heterocycles. The third kappa shape index (κ3) is 3.84. The first-order valence-electron chi connectivity index (χ1n) is 7.05. The highest BCUT2D eigenvalue weighted by molar-refractivity contribution is 5.92. The number of hydrogen-bond donors (Lipinski definition) is 1. The fraction of sp³-hybridized carbons (Fsp3) is 0.375. The van der Waals surface area contributed by atoms with E-state index in [1.807, 2.05) is 39.1 Å². The zero-order valence-corrected chi connectivity index (χ0v) is 12.8. The lowest BCUT2D eigenvalue weighted by atomic mass is 10.1. The van der Waals surface area contributed by atoms with Crippen molar-refractivity contribution in [2.45, 2.75) is 40.2 Å². The third-order valence-corrected chi connectivity index (χ3v) is 3.20. The molecular weight excluding hydrogens is 264 g/mol. The van der Waals surface area contributed by atoms with Crippen LogP contribution >= 0.6 is 0 Å². The Morgan fingerprint density at radius 3 is 2.57 bits per heavy atom.